The number of nitrogens with one attached hydrogen (secondary N) is 3. The highest BCUT2D eigenvalue weighted by molar-refractivity contribution is 5.70. The molecule has 78 valence electrons. The number of rotatable bonds is 4. The molecule has 0 aliphatic carbocycles. The van der Waals surface area contributed by atoms with E-state index in [1.807, 2.05) is 6.07 Å². The predicted octanol–water partition coefficient (Wildman–Crippen LogP) is -0.136. The minimum atomic E-state index is -0.646. The molecule has 0 aromatic rings. The highest BCUT2D eigenvalue weighted by Gasteiger charge is 2.08. The summed E-state index contributed by atoms with van der Waals surface area (Å²) < 4.78 is 4.62. The number of nitriles is 1. The molecule has 6 nitrogen and oxygen atoms in total. The SMILES string of the molecule is CCOC(=O)NC(C#N)=C(NC)NC. The van der Waals surface area contributed by atoms with Crippen molar-refractivity contribution in [2.24, 2.45) is 0 Å². The molecule has 6 heteroatoms. The van der Waals surface area contributed by atoms with Gasteiger partial charge in [-0.2, -0.15) is 5.26 Å². The van der Waals surface area contributed by atoms with Crippen molar-refractivity contribution < 1.29 is 9.53 Å². The van der Waals surface area contributed by atoms with Crippen molar-refractivity contribution >= 4 is 6.09 Å². The lowest BCUT2D eigenvalue weighted by Crippen LogP contribution is -2.31. The van der Waals surface area contributed by atoms with Crippen LogP contribution in [-0.4, -0.2) is 26.8 Å². The van der Waals surface area contributed by atoms with Gasteiger partial charge in [-0.3, -0.25) is 5.32 Å². The van der Waals surface area contributed by atoms with Crippen molar-refractivity contribution in [2.45, 2.75) is 6.92 Å². The zero-order valence-electron chi connectivity index (χ0n) is 8.47. The van der Waals surface area contributed by atoms with Gasteiger partial charge in [-0.1, -0.05) is 0 Å². The van der Waals surface area contributed by atoms with Gasteiger partial charge in [-0.05, 0) is 6.92 Å². The summed E-state index contributed by atoms with van der Waals surface area (Å²) in [7, 11) is 3.27. The van der Waals surface area contributed by atoms with Crippen LogP contribution in [0.4, 0.5) is 4.79 Å². The number of hydrogen-bond donors (Lipinski definition) is 3. The Morgan fingerprint density at radius 2 is 2.00 bits per heavy atom. The number of alkyl carbamates (subject to hydrolysis) is 1. The quantitative estimate of drug-likeness (QED) is 0.547. The van der Waals surface area contributed by atoms with Gasteiger partial charge < -0.3 is 15.4 Å². The average Bonchev–Trinajstić information content (AvgIpc) is 2.18. The van der Waals surface area contributed by atoms with Crippen molar-refractivity contribution in [1.82, 2.24) is 16.0 Å². The zero-order chi connectivity index (χ0) is 11.0. The van der Waals surface area contributed by atoms with Crippen LogP contribution in [0.2, 0.25) is 0 Å². The van der Waals surface area contributed by atoms with E-state index in [9.17, 15) is 4.79 Å². The van der Waals surface area contributed by atoms with Gasteiger partial charge in [0.15, 0.2) is 5.70 Å². The van der Waals surface area contributed by atoms with Gasteiger partial charge in [-0.25, -0.2) is 4.79 Å². The van der Waals surface area contributed by atoms with Crippen molar-refractivity contribution in [3.8, 4) is 6.07 Å². The molecule has 0 aliphatic rings. The number of nitrogens with zero attached hydrogens (tertiary/aromatic N) is 1. The van der Waals surface area contributed by atoms with Crippen molar-refractivity contribution in [3.63, 3.8) is 0 Å². The Morgan fingerprint density at radius 1 is 1.43 bits per heavy atom. The lowest BCUT2D eigenvalue weighted by atomic mass is 10.4. The number of ether oxygens (including phenoxy) is 1. The number of amides is 1. The molecule has 0 unspecified atom stereocenters. The second kappa shape index (κ2) is 6.60. The highest BCUT2D eigenvalue weighted by Crippen LogP contribution is 1.92. The molecular formula is C8H14N4O2. The molecule has 3 N–H and O–H groups in total. The molecule has 0 aromatic heterocycles. The number of carbonyl (C=O) groups is 1. The van der Waals surface area contributed by atoms with Crippen LogP contribution in [0, 0.1) is 11.3 Å². The standard InChI is InChI=1S/C8H14N4O2/c1-4-14-8(13)12-6(5-9)7(10-2)11-3/h10-11H,4H2,1-3H3,(H,12,13). The van der Waals surface area contributed by atoms with Gasteiger partial charge in [0.05, 0.1) is 6.61 Å². The van der Waals surface area contributed by atoms with E-state index in [0.717, 1.165) is 0 Å². The number of allylic oxidation sites excluding steroid dienone is 1. The van der Waals surface area contributed by atoms with Crippen LogP contribution < -0.4 is 16.0 Å². The fourth-order valence-corrected chi connectivity index (χ4v) is 0.791. The maximum Gasteiger partial charge on any atom is 0.412 e. The summed E-state index contributed by atoms with van der Waals surface area (Å²) in [6.45, 7) is 1.95. The van der Waals surface area contributed by atoms with Crippen LogP contribution in [-0.2, 0) is 4.74 Å². The van der Waals surface area contributed by atoms with Crippen LogP contribution in [0.3, 0.4) is 0 Å². The molecule has 0 rings (SSSR count). The first-order valence-corrected chi connectivity index (χ1v) is 4.13. The van der Waals surface area contributed by atoms with Crippen LogP contribution in [0.1, 0.15) is 6.92 Å². The van der Waals surface area contributed by atoms with E-state index >= 15 is 0 Å². The Morgan fingerprint density at radius 3 is 2.36 bits per heavy atom. The Kier molecular flexibility index (Phi) is 5.70. The van der Waals surface area contributed by atoms with Crippen LogP contribution >= 0.6 is 0 Å². The molecular weight excluding hydrogens is 184 g/mol. The topological polar surface area (TPSA) is 86.2 Å². The second-order valence-corrected chi connectivity index (χ2v) is 2.21. The monoisotopic (exact) mass is 198 g/mol. The van der Waals surface area contributed by atoms with Gasteiger partial charge in [0, 0.05) is 14.1 Å². The molecule has 0 bridgehead atoms. The van der Waals surface area contributed by atoms with Gasteiger partial charge in [0.1, 0.15) is 11.9 Å². The zero-order valence-corrected chi connectivity index (χ0v) is 8.47. The minimum Gasteiger partial charge on any atom is -0.450 e. The van der Waals surface area contributed by atoms with Crippen molar-refractivity contribution in [3.05, 3.63) is 11.5 Å². The number of hydrogen-bond acceptors (Lipinski definition) is 5. The molecule has 0 radical (unpaired) electrons. The third-order valence-corrected chi connectivity index (χ3v) is 1.36. The van der Waals surface area contributed by atoms with Crippen LogP contribution in [0.5, 0.6) is 0 Å². The van der Waals surface area contributed by atoms with Gasteiger partial charge >= 0.3 is 6.09 Å². The van der Waals surface area contributed by atoms with Crippen LogP contribution in [0.25, 0.3) is 0 Å². The molecule has 0 saturated carbocycles. The van der Waals surface area contributed by atoms with E-state index in [1.54, 1.807) is 21.0 Å². The Labute approximate surface area is 82.9 Å². The van der Waals surface area contributed by atoms with E-state index in [-0.39, 0.29) is 12.3 Å². The molecule has 0 atom stereocenters. The van der Waals surface area contributed by atoms with E-state index < -0.39 is 6.09 Å². The van der Waals surface area contributed by atoms with Crippen molar-refractivity contribution in [2.75, 3.05) is 20.7 Å². The minimum absolute atomic E-state index is 0.0912. The van der Waals surface area contributed by atoms with Gasteiger partial charge in [0.2, 0.25) is 0 Å². The fourth-order valence-electron chi connectivity index (χ4n) is 0.791. The summed E-state index contributed by atoms with van der Waals surface area (Å²) in [5.41, 5.74) is 0.0912. The normalized spacial score (nSPS) is 8.14. The third kappa shape index (κ3) is 3.67. The Bertz CT molecular complexity index is 261. The van der Waals surface area contributed by atoms with Gasteiger partial charge in [0.25, 0.3) is 0 Å². The van der Waals surface area contributed by atoms with E-state index in [2.05, 4.69) is 20.7 Å². The molecule has 0 aromatic carbocycles. The van der Waals surface area contributed by atoms with E-state index in [1.165, 1.54) is 0 Å². The molecule has 0 aliphatic heterocycles. The second-order valence-electron chi connectivity index (χ2n) is 2.21. The Hall–Kier alpha value is -1.90. The fraction of sp³-hybridized carbons (Fsp3) is 0.500. The van der Waals surface area contributed by atoms with E-state index in [0.29, 0.717) is 5.82 Å². The summed E-state index contributed by atoms with van der Waals surface area (Å²) >= 11 is 0. The summed E-state index contributed by atoms with van der Waals surface area (Å²) in [5.74, 6) is 0.431. The molecule has 0 fully saturated rings. The first-order chi connectivity index (χ1) is 6.69. The first kappa shape index (κ1) is 12.1. The molecule has 14 heavy (non-hydrogen) atoms. The Balaban J connectivity index is 4.51. The predicted molar refractivity (Wildman–Crippen MR) is 50.9 cm³/mol. The summed E-state index contributed by atoms with van der Waals surface area (Å²) in [5, 5.41) is 16.5. The summed E-state index contributed by atoms with van der Waals surface area (Å²) in [4.78, 5) is 11.0. The average molecular weight is 198 g/mol. The van der Waals surface area contributed by atoms with E-state index in [4.69, 9.17) is 5.26 Å². The molecule has 1 amide bonds. The smallest absolute Gasteiger partial charge is 0.412 e. The van der Waals surface area contributed by atoms with Crippen LogP contribution in [0.15, 0.2) is 11.5 Å². The maximum atomic E-state index is 11.0. The largest absolute Gasteiger partial charge is 0.450 e. The molecule has 0 spiro atoms. The summed E-state index contributed by atoms with van der Waals surface area (Å²) in [6.07, 6.45) is -0.646. The number of carbonyl (C=O) groups excluding carboxylic acids is 1. The van der Waals surface area contributed by atoms with Crippen molar-refractivity contribution in [1.29, 1.82) is 5.26 Å². The molecule has 0 heterocycles. The van der Waals surface area contributed by atoms with Gasteiger partial charge in [-0.15, -0.1) is 0 Å². The summed E-state index contributed by atoms with van der Waals surface area (Å²) in [6, 6.07) is 1.84. The highest BCUT2D eigenvalue weighted by atomic mass is 16.5. The maximum absolute atomic E-state index is 11.0. The molecule has 0 saturated heterocycles. The lowest BCUT2D eigenvalue weighted by molar-refractivity contribution is 0.155. The first-order valence-electron chi connectivity index (χ1n) is 4.13. The lowest BCUT2D eigenvalue weighted by Gasteiger charge is -2.09. The third-order valence-electron chi connectivity index (χ3n) is 1.36.